The average Bonchev–Trinajstić information content (AvgIpc) is 2.29. The molecule has 1 heterocycles. The van der Waals surface area contributed by atoms with Crippen LogP contribution >= 0.6 is 22.6 Å². The van der Waals surface area contributed by atoms with Crippen LogP contribution in [-0.4, -0.2) is 43.4 Å². The normalized spacial score (nSPS) is 10.4. The number of aromatic amines is 1. The minimum absolute atomic E-state index is 0.140. The molecule has 16 heavy (non-hydrogen) atoms. The molecule has 1 aromatic rings. The van der Waals surface area contributed by atoms with Gasteiger partial charge >= 0.3 is 0 Å². The highest BCUT2D eigenvalue weighted by Gasteiger charge is 2.03. The zero-order valence-electron chi connectivity index (χ0n) is 8.96. The van der Waals surface area contributed by atoms with Gasteiger partial charge in [0.15, 0.2) is 0 Å². The summed E-state index contributed by atoms with van der Waals surface area (Å²) in [7, 11) is 1.63. The first-order valence-corrected chi connectivity index (χ1v) is 5.87. The van der Waals surface area contributed by atoms with Crippen molar-refractivity contribution in [2.24, 2.45) is 0 Å². The van der Waals surface area contributed by atoms with Crippen LogP contribution in [0.4, 0.5) is 5.82 Å². The predicted molar refractivity (Wildman–Crippen MR) is 68.8 cm³/mol. The van der Waals surface area contributed by atoms with Crippen LogP contribution in [-0.2, 0) is 9.47 Å². The molecular weight excluding hydrogens is 325 g/mol. The molecule has 0 fully saturated rings. The molecule has 1 rings (SSSR count). The van der Waals surface area contributed by atoms with E-state index in [1.165, 1.54) is 6.33 Å². The van der Waals surface area contributed by atoms with E-state index in [4.69, 9.17) is 9.47 Å². The quantitative estimate of drug-likeness (QED) is 0.557. The molecule has 0 aromatic carbocycles. The molecule has 0 saturated carbocycles. The van der Waals surface area contributed by atoms with Gasteiger partial charge in [-0.1, -0.05) is 0 Å². The summed E-state index contributed by atoms with van der Waals surface area (Å²) in [6.07, 6.45) is 1.37. The van der Waals surface area contributed by atoms with Crippen LogP contribution in [0.5, 0.6) is 0 Å². The number of halogens is 1. The lowest BCUT2D eigenvalue weighted by atomic mass is 10.5. The second-order valence-corrected chi connectivity index (χ2v) is 4.00. The van der Waals surface area contributed by atoms with Crippen LogP contribution in [0.1, 0.15) is 0 Å². The number of aromatic nitrogens is 2. The molecule has 2 N–H and O–H groups in total. The molecule has 0 spiro atoms. The van der Waals surface area contributed by atoms with Crippen LogP contribution in [0.2, 0.25) is 0 Å². The molecule has 0 radical (unpaired) electrons. The fraction of sp³-hybridized carbons (Fsp3) is 0.556. The van der Waals surface area contributed by atoms with Crippen molar-refractivity contribution in [3.63, 3.8) is 0 Å². The van der Waals surface area contributed by atoms with Gasteiger partial charge in [0.2, 0.25) is 0 Å². The smallest absolute Gasteiger partial charge is 0.266 e. The van der Waals surface area contributed by atoms with E-state index < -0.39 is 0 Å². The van der Waals surface area contributed by atoms with E-state index in [0.29, 0.717) is 35.8 Å². The van der Waals surface area contributed by atoms with Crippen molar-refractivity contribution in [2.45, 2.75) is 0 Å². The number of hydrogen-bond donors (Lipinski definition) is 2. The van der Waals surface area contributed by atoms with E-state index in [2.05, 4.69) is 15.3 Å². The van der Waals surface area contributed by atoms with Gasteiger partial charge in [0.25, 0.3) is 5.56 Å². The highest BCUT2D eigenvalue weighted by Crippen LogP contribution is 2.07. The van der Waals surface area contributed by atoms with Gasteiger partial charge in [-0.3, -0.25) is 4.79 Å². The first kappa shape index (κ1) is 13.4. The Morgan fingerprint density at radius 3 is 3.06 bits per heavy atom. The highest BCUT2D eigenvalue weighted by atomic mass is 127. The van der Waals surface area contributed by atoms with Gasteiger partial charge in [-0.15, -0.1) is 0 Å². The number of rotatable bonds is 7. The predicted octanol–water partition coefficient (Wildman–Crippen LogP) is 0.449. The van der Waals surface area contributed by atoms with E-state index in [1.54, 1.807) is 7.11 Å². The molecule has 1 aromatic heterocycles. The Hall–Kier alpha value is -0.670. The van der Waals surface area contributed by atoms with E-state index in [-0.39, 0.29) is 5.56 Å². The summed E-state index contributed by atoms with van der Waals surface area (Å²) < 4.78 is 10.7. The fourth-order valence-corrected chi connectivity index (χ4v) is 1.48. The first-order valence-electron chi connectivity index (χ1n) is 4.79. The Bertz CT molecular complexity index is 369. The summed E-state index contributed by atoms with van der Waals surface area (Å²) in [5, 5.41) is 3.03. The Balaban J connectivity index is 2.27. The molecule has 6 nitrogen and oxygen atoms in total. The molecule has 0 aliphatic rings. The fourth-order valence-electron chi connectivity index (χ4n) is 0.992. The number of anilines is 1. The van der Waals surface area contributed by atoms with Gasteiger partial charge < -0.3 is 19.8 Å². The highest BCUT2D eigenvalue weighted by molar-refractivity contribution is 14.1. The van der Waals surface area contributed by atoms with Gasteiger partial charge in [-0.05, 0) is 22.6 Å². The Morgan fingerprint density at radius 2 is 2.31 bits per heavy atom. The summed E-state index contributed by atoms with van der Waals surface area (Å²) in [6, 6.07) is 0. The van der Waals surface area contributed by atoms with Crippen molar-refractivity contribution in [3.05, 3.63) is 20.3 Å². The van der Waals surface area contributed by atoms with Crippen LogP contribution in [0.3, 0.4) is 0 Å². The molecule has 7 heteroatoms. The zero-order chi connectivity index (χ0) is 11.8. The summed E-state index contributed by atoms with van der Waals surface area (Å²) in [6.45, 7) is 2.31. The number of ether oxygens (including phenoxy) is 2. The first-order chi connectivity index (χ1) is 7.75. The SMILES string of the molecule is COCCOCCNc1nc[nH]c(=O)c1I. The number of methoxy groups -OCH3 is 1. The molecule has 0 bridgehead atoms. The molecule has 0 aliphatic heterocycles. The Labute approximate surface area is 107 Å². The lowest BCUT2D eigenvalue weighted by Gasteiger charge is -2.07. The summed E-state index contributed by atoms with van der Waals surface area (Å²) in [5.74, 6) is 0.583. The average molecular weight is 339 g/mol. The van der Waals surface area contributed by atoms with Crippen LogP contribution in [0.25, 0.3) is 0 Å². The molecular formula is C9H14IN3O3. The van der Waals surface area contributed by atoms with Gasteiger partial charge in [-0.25, -0.2) is 4.98 Å². The third-order valence-electron chi connectivity index (χ3n) is 1.77. The van der Waals surface area contributed by atoms with E-state index in [1.807, 2.05) is 22.6 Å². The summed E-state index contributed by atoms with van der Waals surface area (Å²) in [4.78, 5) is 17.7. The largest absolute Gasteiger partial charge is 0.382 e. The van der Waals surface area contributed by atoms with Gasteiger partial charge in [0.05, 0.1) is 26.1 Å². The van der Waals surface area contributed by atoms with Crippen molar-refractivity contribution < 1.29 is 9.47 Å². The monoisotopic (exact) mass is 339 g/mol. The molecule has 0 amide bonds. The van der Waals surface area contributed by atoms with Gasteiger partial charge in [-0.2, -0.15) is 0 Å². The molecule has 0 unspecified atom stereocenters. The van der Waals surface area contributed by atoms with Crippen LogP contribution in [0, 0.1) is 3.57 Å². The van der Waals surface area contributed by atoms with E-state index >= 15 is 0 Å². The maximum Gasteiger partial charge on any atom is 0.266 e. The Kier molecular flexibility index (Phi) is 6.34. The lowest BCUT2D eigenvalue weighted by molar-refractivity contribution is 0.0759. The minimum atomic E-state index is -0.140. The summed E-state index contributed by atoms with van der Waals surface area (Å²) >= 11 is 1.95. The molecule has 0 saturated heterocycles. The maximum atomic E-state index is 11.2. The van der Waals surface area contributed by atoms with Crippen LogP contribution < -0.4 is 10.9 Å². The lowest BCUT2D eigenvalue weighted by Crippen LogP contribution is -2.18. The van der Waals surface area contributed by atoms with Crippen LogP contribution in [0.15, 0.2) is 11.1 Å². The van der Waals surface area contributed by atoms with Gasteiger partial charge in [0.1, 0.15) is 9.39 Å². The minimum Gasteiger partial charge on any atom is -0.382 e. The zero-order valence-corrected chi connectivity index (χ0v) is 11.1. The van der Waals surface area contributed by atoms with E-state index in [0.717, 1.165) is 0 Å². The van der Waals surface area contributed by atoms with Crippen molar-refractivity contribution in [3.8, 4) is 0 Å². The van der Waals surface area contributed by atoms with E-state index in [9.17, 15) is 4.79 Å². The third kappa shape index (κ3) is 4.45. The third-order valence-corrected chi connectivity index (χ3v) is 2.77. The number of nitrogens with zero attached hydrogens (tertiary/aromatic N) is 1. The second kappa shape index (κ2) is 7.58. The maximum absolute atomic E-state index is 11.2. The molecule has 0 aliphatic carbocycles. The number of hydrogen-bond acceptors (Lipinski definition) is 5. The standard InChI is InChI=1S/C9H14IN3O3/c1-15-4-5-16-3-2-11-8-7(10)9(14)13-6-12-8/h6H,2-5H2,1H3,(H2,11,12,13,14). The molecule has 0 atom stereocenters. The number of nitrogens with one attached hydrogen (secondary N) is 2. The topological polar surface area (TPSA) is 76.2 Å². The second-order valence-electron chi connectivity index (χ2n) is 2.93. The number of H-pyrrole nitrogens is 1. The van der Waals surface area contributed by atoms with Gasteiger partial charge in [0, 0.05) is 13.7 Å². The van der Waals surface area contributed by atoms with Crippen molar-refractivity contribution in [1.29, 1.82) is 0 Å². The summed E-state index contributed by atoms with van der Waals surface area (Å²) in [5.41, 5.74) is -0.140. The van der Waals surface area contributed by atoms with Crippen molar-refractivity contribution in [2.75, 3.05) is 38.8 Å². The van der Waals surface area contributed by atoms with Crippen molar-refractivity contribution in [1.82, 2.24) is 9.97 Å². The molecule has 90 valence electrons. The Morgan fingerprint density at radius 1 is 1.50 bits per heavy atom. The van der Waals surface area contributed by atoms with Crippen molar-refractivity contribution >= 4 is 28.4 Å².